The van der Waals surface area contributed by atoms with Crippen molar-refractivity contribution in [3.8, 4) is 0 Å². The van der Waals surface area contributed by atoms with Crippen molar-refractivity contribution in [1.82, 2.24) is 9.97 Å². The smallest absolute Gasteiger partial charge is 0.126 e. The zero-order valence-electron chi connectivity index (χ0n) is 7.11. The van der Waals surface area contributed by atoms with Crippen LogP contribution in [0.15, 0.2) is 17.8 Å². The quantitative estimate of drug-likeness (QED) is 0.671. The molecule has 0 saturated heterocycles. The summed E-state index contributed by atoms with van der Waals surface area (Å²) in [7, 11) is 0. The molecular weight excluding hydrogens is 168 g/mol. The molecule has 2 nitrogen and oxygen atoms in total. The number of hydrogen-bond acceptors (Lipinski definition) is 3. The van der Waals surface area contributed by atoms with Crippen molar-refractivity contribution < 1.29 is 0 Å². The standard InChI is InChI=1S/C9H10N2S/c1-6(2)8-7-3-4-12-9(7)11-5-10-8/h3-6H,1-2H3. The van der Waals surface area contributed by atoms with Crippen LogP contribution in [0, 0.1) is 0 Å². The Balaban J connectivity index is 2.73. The Labute approximate surface area is 75.3 Å². The summed E-state index contributed by atoms with van der Waals surface area (Å²) < 4.78 is 0. The maximum Gasteiger partial charge on any atom is 0.126 e. The van der Waals surface area contributed by atoms with Gasteiger partial charge in [0.25, 0.3) is 0 Å². The van der Waals surface area contributed by atoms with E-state index in [1.165, 1.54) is 5.39 Å². The fraction of sp³-hybridized carbons (Fsp3) is 0.333. The Hall–Kier alpha value is -0.960. The van der Waals surface area contributed by atoms with Crippen LogP contribution >= 0.6 is 11.3 Å². The SMILES string of the molecule is CC(C)c1ncnc2sccc12. The van der Waals surface area contributed by atoms with E-state index in [0.717, 1.165) is 10.5 Å². The molecular formula is C9H10N2S. The highest BCUT2D eigenvalue weighted by Gasteiger charge is 2.06. The predicted octanol–water partition coefficient (Wildman–Crippen LogP) is 2.81. The van der Waals surface area contributed by atoms with E-state index in [-0.39, 0.29) is 0 Å². The molecule has 62 valence electrons. The molecule has 2 aromatic rings. The minimum Gasteiger partial charge on any atom is -0.240 e. The summed E-state index contributed by atoms with van der Waals surface area (Å²) in [4.78, 5) is 9.56. The summed E-state index contributed by atoms with van der Waals surface area (Å²) in [5.74, 6) is 0.477. The number of thiophene rings is 1. The number of hydrogen-bond donors (Lipinski definition) is 0. The zero-order valence-corrected chi connectivity index (χ0v) is 7.93. The molecule has 0 aliphatic carbocycles. The van der Waals surface area contributed by atoms with E-state index >= 15 is 0 Å². The van der Waals surface area contributed by atoms with Gasteiger partial charge in [0.15, 0.2) is 0 Å². The normalized spacial score (nSPS) is 11.2. The van der Waals surface area contributed by atoms with Gasteiger partial charge in [-0.25, -0.2) is 9.97 Å². The molecule has 0 fully saturated rings. The van der Waals surface area contributed by atoms with Gasteiger partial charge in [-0.3, -0.25) is 0 Å². The second-order valence-electron chi connectivity index (χ2n) is 3.05. The lowest BCUT2D eigenvalue weighted by Gasteiger charge is -2.03. The van der Waals surface area contributed by atoms with Crippen LogP contribution in [0.5, 0.6) is 0 Å². The first-order valence-electron chi connectivity index (χ1n) is 3.97. The maximum atomic E-state index is 4.27. The molecule has 0 aliphatic heterocycles. The fourth-order valence-corrected chi connectivity index (χ4v) is 2.01. The van der Waals surface area contributed by atoms with Crippen molar-refractivity contribution in [2.24, 2.45) is 0 Å². The Bertz CT molecular complexity index is 392. The average molecular weight is 178 g/mol. The number of nitrogens with zero attached hydrogens (tertiary/aromatic N) is 2. The fourth-order valence-electron chi connectivity index (χ4n) is 1.27. The van der Waals surface area contributed by atoms with Gasteiger partial charge in [-0.15, -0.1) is 11.3 Å². The molecule has 12 heavy (non-hydrogen) atoms. The molecule has 3 heteroatoms. The first kappa shape index (κ1) is 7.68. The van der Waals surface area contributed by atoms with Crippen LogP contribution in [0.2, 0.25) is 0 Å². The van der Waals surface area contributed by atoms with Crippen molar-refractivity contribution in [2.75, 3.05) is 0 Å². The van der Waals surface area contributed by atoms with Crippen molar-refractivity contribution >= 4 is 21.6 Å². The van der Waals surface area contributed by atoms with Crippen LogP contribution in [-0.2, 0) is 0 Å². The lowest BCUT2D eigenvalue weighted by molar-refractivity contribution is 0.829. The van der Waals surface area contributed by atoms with Gasteiger partial charge < -0.3 is 0 Å². The van der Waals surface area contributed by atoms with Crippen molar-refractivity contribution in [1.29, 1.82) is 0 Å². The minimum absolute atomic E-state index is 0.477. The van der Waals surface area contributed by atoms with Gasteiger partial charge in [0, 0.05) is 5.39 Å². The molecule has 0 saturated carbocycles. The second kappa shape index (κ2) is 2.83. The van der Waals surface area contributed by atoms with Gasteiger partial charge in [-0.05, 0) is 17.4 Å². The van der Waals surface area contributed by atoms with E-state index in [0.29, 0.717) is 5.92 Å². The lowest BCUT2D eigenvalue weighted by Crippen LogP contribution is -1.92. The van der Waals surface area contributed by atoms with Gasteiger partial charge in [0.2, 0.25) is 0 Å². The molecule has 0 bridgehead atoms. The third kappa shape index (κ3) is 1.10. The maximum absolute atomic E-state index is 4.27. The van der Waals surface area contributed by atoms with Crippen molar-refractivity contribution in [3.63, 3.8) is 0 Å². The number of rotatable bonds is 1. The minimum atomic E-state index is 0.477. The lowest BCUT2D eigenvalue weighted by atomic mass is 10.1. The molecule has 0 radical (unpaired) electrons. The molecule has 0 unspecified atom stereocenters. The summed E-state index contributed by atoms with van der Waals surface area (Å²) in [6, 6.07) is 2.09. The molecule has 0 aromatic carbocycles. The van der Waals surface area contributed by atoms with Gasteiger partial charge in [0.05, 0.1) is 5.69 Å². The van der Waals surface area contributed by atoms with E-state index in [1.54, 1.807) is 17.7 Å². The molecule has 0 spiro atoms. The molecule has 0 aliphatic rings. The molecule has 0 atom stereocenters. The topological polar surface area (TPSA) is 25.8 Å². The summed E-state index contributed by atoms with van der Waals surface area (Å²) in [5, 5.41) is 3.27. The monoisotopic (exact) mass is 178 g/mol. The zero-order chi connectivity index (χ0) is 8.55. The van der Waals surface area contributed by atoms with Gasteiger partial charge >= 0.3 is 0 Å². The third-order valence-corrected chi connectivity index (χ3v) is 2.66. The van der Waals surface area contributed by atoms with Crippen LogP contribution in [0.1, 0.15) is 25.5 Å². The van der Waals surface area contributed by atoms with E-state index in [9.17, 15) is 0 Å². The summed E-state index contributed by atoms with van der Waals surface area (Å²) in [5.41, 5.74) is 1.15. The van der Waals surface area contributed by atoms with E-state index in [1.807, 2.05) is 0 Å². The van der Waals surface area contributed by atoms with Crippen LogP contribution in [0.4, 0.5) is 0 Å². The van der Waals surface area contributed by atoms with E-state index in [2.05, 4.69) is 35.3 Å². The number of aromatic nitrogens is 2. The summed E-state index contributed by atoms with van der Waals surface area (Å²) in [6.07, 6.45) is 1.65. The van der Waals surface area contributed by atoms with Gasteiger partial charge in [0.1, 0.15) is 11.2 Å². The summed E-state index contributed by atoms with van der Waals surface area (Å²) in [6.45, 7) is 4.30. The van der Waals surface area contributed by atoms with E-state index < -0.39 is 0 Å². The Morgan fingerprint density at radius 2 is 2.17 bits per heavy atom. The molecule has 2 heterocycles. The number of fused-ring (bicyclic) bond motifs is 1. The van der Waals surface area contributed by atoms with Gasteiger partial charge in [-0.2, -0.15) is 0 Å². The van der Waals surface area contributed by atoms with Crippen LogP contribution in [0.3, 0.4) is 0 Å². The summed E-state index contributed by atoms with van der Waals surface area (Å²) >= 11 is 1.67. The molecule has 0 N–H and O–H groups in total. The van der Waals surface area contributed by atoms with Crippen molar-refractivity contribution in [3.05, 3.63) is 23.5 Å². The highest BCUT2D eigenvalue weighted by molar-refractivity contribution is 7.16. The van der Waals surface area contributed by atoms with Crippen molar-refractivity contribution in [2.45, 2.75) is 19.8 Å². The molecule has 2 rings (SSSR count). The van der Waals surface area contributed by atoms with Crippen LogP contribution < -0.4 is 0 Å². The van der Waals surface area contributed by atoms with Crippen LogP contribution in [0.25, 0.3) is 10.2 Å². The predicted molar refractivity (Wildman–Crippen MR) is 51.5 cm³/mol. The first-order valence-corrected chi connectivity index (χ1v) is 4.85. The van der Waals surface area contributed by atoms with Gasteiger partial charge in [-0.1, -0.05) is 13.8 Å². The highest BCUT2D eigenvalue weighted by Crippen LogP contribution is 2.24. The molecule has 2 aromatic heterocycles. The van der Waals surface area contributed by atoms with E-state index in [4.69, 9.17) is 0 Å². The third-order valence-electron chi connectivity index (χ3n) is 1.84. The van der Waals surface area contributed by atoms with Crippen LogP contribution in [-0.4, -0.2) is 9.97 Å². The molecule has 0 amide bonds. The largest absolute Gasteiger partial charge is 0.240 e. The Kier molecular flexibility index (Phi) is 1.81. The average Bonchev–Trinajstić information content (AvgIpc) is 2.49. The first-order chi connectivity index (χ1) is 5.79. The Morgan fingerprint density at radius 1 is 1.33 bits per heavy atom. The Morgan fingerprint density at radius 3 is 2.92 bits per heavy atom. The second-order valence-corrected chi connectivity index (χ2v) is 3.95. The highest BCUT2D eigenvalue weighted by atomic mass is 32.1.